The van der Waals surface area contributed by atoms with Crippen LogP contribution in [0, 0.1) is 40.4 Å². The number of carbonyl (C=O) groups excluding carboxylic acids is 2. The Labute approximate surface area is 158 Å². The quantitative estimate of drug-likeness (QED) is 0.638. The summed E-state index contributed by atoms with van der Waals surface area (Å²) >= 11 is 0. The van der Waals surface area contributed by atoms with Gasteiger partial charge in [0.15, 0.2) is 0 Å². The van der Waals surface area contributed by atoms with Crippen molar-refractivity contribution < 1.29 is 14.3 Å². The summed E-state index contributed by atoms with van der Waals surface area (Å²) < 4.78 is 5.89. The van der Waals surface area contributed by atoms with Gasteiger partial charge in [-0.2, -0.15) is 0 Å². The van der Waals surface area contributed by atoms with E-state index in [0.717, 1.165) is 31.1 Å². The minimum atomic E-state index is -0.0331. The van der Waals surface area contributed by atoms with Crippen molar-refractivity contribution >= 4 is 11.8 Å². The molecule has 4 saturated carbocycles. The largest absolute Gasteiger partial charge is 0.462 e. The highest BCUT2D eigenvalue weighted by Crippen LogP contribution is 2.66. The predicted octanol–water partition coefficient (Wildman–Crippen LogP) is 5.17. The van der Waals surface area contributed by atoms with Gasteiger partial charge in [0.25, 0.3) is 0 Å². The molecule has 4 aliphatic carbocycles. The predicted molar refractivity (Wildman–Crippen MR) is 101 cm³/mol. The second-order valence-corrected chi connectivity index (χ2v) is 10.4. The molecular formula is C23H36O3. The molecule has 0 aromatic heterocycles. The molecule has 4 aliphatic rings. The van der Waals surface area contributed by atoms with Gasteiger partial charge in [-0.05, 0) is 74.0 Å². The van der Waals surface area contributed by atoms with Gasteiger partial charge in [0, 0.05) is 24.2 Å². The Balaban J connectivity index is 1.57. The van der Waals surface area contributed by atoms with Crippen molar-refractivity contribution in [2.24, 2.45) is 40.4 Å². The first kappa shape index (κ1) is 18.5. The molecule has 0 aromatic rings. The summed E-state index contributed by atoms with van der Waals surface area (Å²) in [5.74, 6) is 3.53. The van der Waals surface area contributed by atoms with Crippen molar-refractivity contribution in [1.29, 1.82) is 0 Å². The zero-order valence-electron chi connectivity index (χ0n) is 17.1. The lowest BCUT2D eigenvalue weighted by molar-refractivity contribution is -0.165. The first-order chi connectivity index (χ1) is 12.3. The minimum Gasteiger partial charge on any atom is -0.462 e. The maximum Gasteiger partial charge on any atom is 0.305 e. The zero-order valence-corrected chi connectivity index (χ0v) is 17.1. The second kappa shape index (κ2) is 6.34. The van der Waals surface area contributed by atoms with E-state index in [2.05, 4.69) is 20.8 Å². The van der Waals surface area contributed by atoms with Crippen molar-refractivity contribution in [3.05, 3.63) is 0 Å². The molecule has 0 bridgehead atoms. The average Bonchev–Trinajstić information content (AvgIpc) is 2.93. The van der Waals surface area contributed by atoms with Gasteiger partial charge in [0.2, 0.25) is 0 Å². The van der Waals surface area contributed by atoms with Crippen molar-refractivity contribution in [3.8, 4) is 0 Å². The second-order valence-electron chi connectivity index (χ2n) is 10.4. The Hall–Kier alpha value is -0.860. The molecule has 3 unspecified atom stereocenters. The minimum absolute atomic E-state index is 0.0331. The molecule has 4 fully saturated rings. The van der Waals surface area contributed by atoms with Gasteiger partial charge in [-0.15, -0.1) is 0 Å². The lowest BCUT2D eigenvalue weighted by Crippen LogP contribution is -2.55. The number of fused-ring (bicyclic) bond motifs is 5. The van der Waals surface area contributed by atoms with Gasteiger partial charge in [-0.1, -0.05) is 27.7 Å². The van der Waals surface area contributed by atoms with Crippen LogP contribution in [0.4, 0.5) is 0 Å². The molecule has 0 heterocycles. The van der Waals surface area contributed by atoms with Crippen LogP contribution in [0.15, 0.2) is 0 Å². The SMILES string of the molecule is CCC(=O)OC1CC[C@H]2[C@@H]3CCC4CC(=O)C(C)C[C@]4(C)[C@@H]3CC[C@]12C. The van der Waals surface area contributed by atoms with Gasteiger partial charge in [0.1, 0.15) is 11.9 Å². The lowest BCUT2D eigenvalue weighted by Gasteiger charge is -2.60. The van der Waals surface area contributed by atoms with Gasteiger partial charge >= 0.3 is 5.97 Å². The van der Waals surface area contributed by atoms with E-state index < -0.39 is 0 Å². The fraction of sp³-hybridized carbons (Fsp3) is 0.913. The van der Waals surface area contributed by atoms with E-state index in [1.165, 1.54) is 32.1 Å². The first-order valence-corrected chi connectivity index (χ1v) is 11.0. The number of esters is 1. The highest BCUT2D eigenvalue weighted by atomic mass is 16.5. The van der Waals surface area contributed by atoms with E-state index >= 15 is 0 Å². The number of ketones is 1. The van der Waals surface area contributed by atoms with Crippen molar-refractivity contribution in [2.45, 2.75) is 91.6 Å². The Morgan fingerprint density at radius 3 is 2.54 bits per heavy atom. The Morgan fingerprint density at radius 1 is 1.08 bits per heavy atom. The fourth-order valence-corrected chi connectivity index (χ4v) is 7.79. The molecule has 26 heavy (non-hydrogen) atoms. The molecule has 0 aromatic carbocycles. The number of hydrogen-bond donors (Lipinski definition) is 0. The van der Waals surface area contributed by atoms with Crippen molar-refractivity contribution in [2.75, 3.05) is 0 Å². The Morgan fingerprint density at radius 2 is 1.81 bits per heavy atom. The van der Waals surface area contributed by atoms with Crippen LogP contribution in [0.1, 0.15) is 85.5 Å². The molecule has 0 N–H and O–H groups in total. The van der Waals surface area contributed by atoms with Crippen LogP contribution in [-0.4, -0.2) is 17.9 Å². The lowest BCUT2D eigenvalue weighted by atomic mass is 9.44. The van der Waals surface area contributed by atoms with Gasteiger partial charge in [-0.3, -0.25) is 9.59 Å². The molecule has 8 atom stereocenters. The summed E-state index contributed by atoms with van der Waals surface area (Å²) in [4.78, 5) is 24.2. The van der Waals surface area contributed by atoms with Crippen LogP contribution in [0.25, 0.3) is 0 Å². The molecule has 3 nitrogen and oxygen atoms in total. The van der Waals surface area contributed by atoms with Crippen LogP contribution in [0.3, 0.4) is 0 Å². The average molecular weight is 361 g/mol. The van der Waals surface area contributed by atoms with E-state index in [1.807, 2.05) is 6.92 Å². The molecule has 0 saturated heterocycles. The highest BCUT2D eigenvalue weighted by Gasteiger charge is 2.61. The molecule has 0 amide bonds. The van der Waals surface area contributed by atoms with Crippen LogP contribution in [-0.2, 0) is 14.3 Å². The third-order valence-corrected chi connectivity index (χ3v) is 9.28. The number of rotatable bonds is 2. The Bertz CT molecular complexity index is 598. The maximum absolute atomic E-state index is 12.3. The Kier molecular flexibility index (Phi) is 4.51. The fourth-order valence-electron chi connectivity index (χ4n) is 7.79. The summed E-state index contributed by atoms with van der Waals surface area (Å²) in [6, 6.07) is 0. The molecule has 0 spiro atoms. The summed E-state index contributed by atoms with van der Waals surface area (Å²) in [6.07, 6.45) is 9.72. The van der Waals surface area contributed by atoms with Crippen molar-refractivity contribution in [1.82, 2.24) is 0 Å². The van der Waals surface area contributed by atoms with Crippen LogP contribution < -0.4 is 0 Å². The summed E-state index contributed by atoms with van der Waals surface area (Å²) in [6.45, 7) is 8.94. The molecule has 146 valence electrons. The van der Waals surface area contributed by atoms with Crippen LogP contribution in [0.5, 0.6) is 0 Å². The summed E-state index contributed by atoms with van der Waals surface area (Å²) in [5.41, 5.74) is 0.515. The zero-order chi connectivity index (χ0) is 18.7. The van der Waals surface area contributed by atoms with Crippen LogP contribution in [0.2, 0.25) is 0 Å². The topological polar surface area (TPSA) is 43.4 Å². The standard InChI is InChI=1S/C23H36O3/c1-5-21(25)26-20-9-8-17-16-7-6-15-12-19(24)14(2)13-23(15,4)18(16)10-11-22(17,20)3/h14-18,20H,5-13H2,1-4H3/t14?,15?,16-,17-,18+,20?,22-,23-/m0/s1. The van der Waals surface area contributed by atoms with E-state index in [1.54, 1.807) is 0 Å². The monoisotopic (exact) mass is 360 g/mol. The molecule has 0 radical (unpaired) electrons. The third-order valence-electron chi connectivity index (χ3n) is 9.28. The molecule has 4 rings (SSSR count). The smallest absolute Gasteiger partial charge is 0.305 e. The highest BCUT2D eigenvalue weighted by molar-refractivity contribution is 5.82. The third kappa shape index (κ3) is 2.59. The maximum atomic E-state index is 12.3. The normalized spacial score (nSPS) is 50.5. The first-order valence-electron chi connectivity index (χ1n) is 11.0. The number of Topliss-reactive ketones (excluding diaryl/α,β-unsaturated/α-hetero) is 1. The number of carbonyl (C=O) groups is 2. The molecule has 0 aliphatic heterocycles. The summed E-state index contributed by atoms with van der Waals surface area (Å²) in [5, 5.41) is 0. The van der Waals surface area contributed by atoms with E-state index in [4.69, 9.17) is 4.74 Å². The van der Waals surface area contributed by atoms with Gasteiger partial charge in [-0.25, -0.2) is 0 Å². The van der Waals surface area contributed by atoms with Crippen LogP contribution >= 0.6 is 0 Å². The number of hydrogen-bond acceptors (Lipinski definition) is 3. The van der Waals surface area contributed by atoms with E-state index in [-0.39, 0.29) is 23.4 Å². The van der Waals surface area contributed by atoms with Crippen molar-refractivity contribution in [3.63, 3.8) is 0 Å². The van der Waals surface area contributed by atoms with Gasteiger partial charge in [0.05, 0.1) is 0 Å². The number of ether oxygens (including phenoxy) is 1. The summed E-state index contributed by atoms with van der Waals surface area (Å²) in [7, 11) is 0. The van der Waals surface area contributed by atoms with E-state index in [9.17, 15) is 9.59 Å². The van der Waals surface area contributed by atoms with Gasteiger partial charge < -0.3 is 4.74 Å². The van der Waals surface area contributed by atoms with E-state index in [0.29, 0.717) is 29.5 Å². The molecule has 3 heteroatoms. The molecular weight excluding hydrogens is 324 g/mol.